The van der Waals surface area contributed by atoms with Gasteiger partial charge in [0, 0.05) is 6.42 Å². The van der Waals surface area contributed by atoms with Crippen LogP contribution in [-0.2, 0) is 9.47 Å². The first-order chi connectivity index (χ1) is 11.2. The van der Waals surface area contributed by atoms with Gasteiger partial charge in [0.15, 0.2) is 0 Å². The molecule has 23 heavy (non-hydrogen) atoms. The number of benzene rings is 2. The van der Waals surface area contributed by atoms with Gasteiger partial charge in [0.25, 0.3) is 0 Å². The maximum atomic E-state index is 12.0. The highest BCUT2D eigenvalue weighted by molar-refractivity contribution is 5.90. The van der Waals surface area contributed by atoms with Gasteiger partial charge in [0.2, 0.25) is 0 Å². The summed E-state index contributed by atoms with van der Waals surface area (Å²) in [6, 6.07) is 17.6. The molecule has 116 valence electrons. The minimum absolute atomic E-state index is 0.378. The number of carbonyl (C=O) groups is 2. The average molecular weight is 308 g/mol. The highest BCUT2D eigenvalue weighted by Crippen LogP contribution is 2.20. The quantitative estimate of drug-likeness (QED) is 0.641. The average Bonchev–Trinajstić information content (AvgIpc) is 3.03. The Morgan fingerprint density at radius 3 is 1.48 bits per heavy atom. The van der Waals surface area contributed by atoms with E-state index in [1.165, 1.54) is 0 Å². The standard InChI is InChI=1S/C19H16O4/c20-18(14-7-3-1-4-8-14)22-16-11-12-17(13-16)23-19(21)15-9-5-2-6-10-15/h1-12,16-17H,13H2/t16-,17-/m0/s1. The summed E-state index contributed by atoms with van der Waals surface area (Å²) in [6.45, 7) is 0. The smallest absolute Gasteiger partial charge is 0.338 e. The predicted molar refractivity (Wildman–Crippen MR) is 85.0 cm³/mol. The van der Waals surface area contributed by atoms with Gasteiger partial charge >= 0.3 is 11.9 Å². The van der Waals surface area contributed by atoms with E-state index in [2.05, 4.69) is 0 Å². The van der Waals surface area contributed by atoms with Gasteiger partial charge < -0.3 is 9.47 Å². The molecule has 1 aliphatic rings. The molecule has 4 nitrogen and oxygen atoms in total. The van der Waals surface area contributed by atoms with E-state index < -0.39 is 0 Å². The Labute approximate surface area is 134 Å². The fourth-order valence-electron chi connectivity index (χ4n) is 2.37. The summed E-state index contributed by atoms with van der Waals surface area (Å²) >= 11 is 0. The molecule has 0 spiro atoms. The molecule has 0 aliphatic heterocycles. The number of rotatable bonds is 4. The van der Waals surface area contributed by atoms with Gasteiger partial charge in [-0.25, -0.2) is 9.59 Å². The van der Waals surface area contributed by atoms with E-state index in [-0.39, 0.29) is 24.1 Å². The van der Waals surface area contributed by atoms with E-state index in [0.29, 0.717) is 17.5 Å². The third kappa shape index (κ3) is 3.86. The van der Waals surface area contributed by atoms with Crippen molar-refractivity contribution in [3.8, 4) is 0 Å². The Hall–Kier alpha value is -2.88. The van der Waals surface area contributed by atoms with Crippen molar-refractivity contribution in [2.24, 2.45) is 0 Å². The molecule has 0 amide bonds. The van der Waals surface area contributed by atoms with Crippen LogP contribution in [0.25, 0.3) is 0 Å². The van der Waals surface area contributed by atoms with Gasteiger partial charge in [0.05, 0.1) is 11.1 Å². The normalized spacial score (nSPS) is 19.3. The van der Waals surface area contributed by atoms with Crippen molar-refractivity contribution in [3.63, 3.8) is 0 Å². The van der Waals surface area contributed by atoms with Crippen LogP contribution in [0.5, 0.6) is 0 Å². The van der Waals surface area contributed by atoms with Crippen molar-refractivity contribution >= 4 is 11.9 Å². The molecule has 3 rings (SSSR count). The second-order valence-electron chi connectivity index (χ2n) is 5.24. The summed E-state index contributed by atoms with van der Waals surface area (Å²) in [6.07, 6.45) is 3.19. The van der Waals surface area contributed by atoms with Crippen LogP contribution < -0.4 is 0 Å². The monoisotopic (exact) mass is 308 g/mol. The summed E-state index contributed by atoms with van der Waals surface area (Å²) in [5, 5.41) is 0. The van der Waals surface area contributed by atoms with Crippen molar-refractivity contribution in [3.05, 3.63) is 83.9 Å². The summed E-state index contributed by atoms with van der Waals surface area (Å²) in [5.74, 6) is -0.759. The van der Waals surface area contributed by atoms with Crippen molar-refractivity contribution in [2.45, 2.75) is 18.6 Å². The summed E-state index contributed by atoms with van der Waals surface area (Å²) < 4.78 is 10.8. The van der Waals surface area contributed by atoms with Crippen LogP contribution >= 0.6 is 0 Å². The van der Waals surface area contributed by atoms with Crippen molar-refractivity contribution < 1.29 is 19.1 Å². The SMILES string of the molecule is O=C(O[C@H]1C=C[C@H](OC(=O)c2ccccc2)C1)c1ccccc1. The molecule has 0 aromatic heterocycles. The lowest BCUT2D eigenvalue weighted by Gasteiger charge is -2.14. The molecule has 2 atom stereocenters. The minimum Gasteiger partial charge on any atom is -0.454 e. The molecule has 0 unspecified atom stereocenters. The van der Waals surface area contributed by atoms with Crippen LogP contribution in [0.3, 0.4) is 0 Å². The zero-order valence-corrected chi connectivity index (χ0v) is 12.4. The number of ether oxygens (including phenoxy) is 2. The molecule has 0 radical (unpaired) electrons. The minimum atomic E-state index is -0.379. The van der Waals surface area contributed by atoms with Gasteiger partial charge in [-0.3, -0.25) is 0 Å². The molecular formula is C19H16O4. The highest BCUT2D eigenvalue weighted by Gasteiger charge is 2.25. The van der Waals surface area contributed by atoms with Gasteiger partial charge in [-0.05, 0) is 36.4 Å². The molecule has 2 aromatic rings. The fourth-order valence-corrected chi connectivity index (χ4v) is 2.37. The largest absolute Gasteiger partial charge is 0.454 e. The van der Waals surface area contributed by atoms with Crippen LogP contribution in [0.15, 0.2) is 72.8 Å². The van der Waals surface area contributed by atoms with Gasteiger partial charge in [-0.2, -0.15) is 0 Å². The summed E-state index contributed by atoms with van der Waals surface area (Å²) in [5.41, 5.74) is 1.01. The van der Waals surface area contributed by atoms with Crippen molar-refractivity contribution in [1.29, 1.82) is 0 Å². The molecule has 0 N–H and O–H groups in total. The van der Waals surface area contributed by atoms with Crippen molar-refractivity contribution in [2.75, 3.05) is 0 Å². The summed E-state index contributed by atoms with van der Waals surface area (Å²) in [7, 11) is 0. The van der Waals surface area contributed by atoms with E-state index in [9.17, 15) is 9.59 Å². The third-order valence-corrected chi connectivity index (χ3v) is 3.54. The highest BCUT2D eigenvalue weighted by atomic mass is 16.6. The number of hydrogen-bond acceptors (Lipinski definition) is 4. The molecule has 0 saturated heterocycles. The van der Waals surface area contributed by atoms with E-state index in [4.69, 9.17) is 9.47 Å². The lowest BCUT2D eigenvalue weighted by Crippen LogP contribution is -2.20. The molecular weight excluding hydrogens is 292 g/mol. The second-order valence-corrected chi connectivity index (χ2v) is 5.24. The van der Waals surface area contributed by atoms with E-state index in [1.54, 1.807) is 60.7 Å². The fraction of sp³-hybridized carbons (Fsp3) is 0.158. The Morgan fingerprint density at radius 2 is 1.09 bits per heavy atom. The van der Waals surface area contributed by atoms with Crippen LogP contribution in [0, 0.1) is 0 Å². The Balaban J connectivity index is 1.52. The van der Waals surface area contributed by atoms with Gasteiger partial charge in [0.1, 0.15) is 12.2 Å². The maximum Gasteiger partial charge on any atom is 0.338 e. The number of hydrogen-bond donors (Lipinski definition) is 0. The number of carbonyl (C=O) groups excluding carboxylic acids is 2. The maximum absolute atomic E-state index is 12.0. The van der Waals surface area contributed by atoms with Crippen LogP contribution in [-0.4, -0.2) is 24.1 Å². The zero-order chi connectivity index (χ0) is 16.1. The van der Waals surface area contributed by atoms with E-state index >= 15 is 0 Å². The second kappa shape index (κ2) is 6.92. The van der Waals surface area contributed by atoms with E-state index in [0.717, 1.165) is 0 Å². The zero-order valence-electron chi connectivity index (χ0n) is 12.4. The molecule has 0 fully saturated rings. The molecule has 0 heterocycles. The van der Waals surface area contributed by atoms with E-state index in [1.807, 2.05) is 12.1 Å². The molecule has 4 heteroatoms. The predicted octanol–water partition coefficient (Wildman–Crippen LogP) is 3.40. The molecule has 0 saturated carbocycles. The lowest BCUT2D eigenvalue weighted by atomic mass is 10.2. The molecule has 0 bridgehead atoms. The summed E-state index contributed by atoms with van der Waals surface area (Å²) in [4.78, 5) is 24.0. The van der Waals surface area contributed by atoms with Crippen LogP contribution in [0.4, 0.5) is 0 Å². The van der Waals surface area contributed by atoms with Gasteiger partial charge in [-0.15, -0.1) is 0 Å². The van der Waals surface area contributed by atoms with Gasteiger partial charge in [-0.1, -0.05) is 36.4 Å². The molecule has 2 aromatic carbocycles. The first-order valence-corrected chi connectivity index (χ1v) is 7.43. The topological polar surface area (TPSA) is 52.6 Å². The first-order valence-electron chi connectivity index (χ1n) is 7.43. The Morgan fingerprint density at radius 1 is 0.696 bits per heavy atom. The molecule has 1 aliphatic carbocycles. The Bertz CT molecular complexity index is 645. The first kappa shape index (κ1) is 15.0. The lowest BCUT2D eigenvalue weighted by molar-refractivity contribution is 0.0234. The van der Waals surface area contributed by atoms with Crippen LogP contribution in [0.1, 0.15) is 27.1 Å². The number of esters is 2. The van der Waals surface area contributed by atoms with Crippen molar-refractivity contribution in [1.82, 2.24) is 0 Å². The van der Waals surface area contributed by atoms with Crippen LogP contribution in [0.2, 0.25) is 0 Å². The third-order valence-electron chi connectivity index (χ3n) is 3.54. The Kier molecular flexibility index (Phi) is 4.52.